The minimum atomic E-state index is 0.0757. The monoisotopic (exact) mass is 310 g/mol. The highest BCUT2D eigenvalue weighted by atomic mass is 32.1. The van der Waals surface area contributed by atoms with Crippen LogP contribution in [0.2, 0.25) is 0 Å². The van der Waals surface area contributed by atoms with Crippen LogP contribution in [0.15, 0.2) is 17.5 Å². The van der Waals surface area contributed by atoms with Gasteiger partial charge in [-0.15, -0.1) is 11.3 Å². The van der Waals surface area contributed by atoms with Gasteiger partial charge in [-0.1, -0.05) is 18.9 Å². The van der Waals surface area contributed by atoms with Crippen LogP contribution < -0.4 is 5.32 Å². The summed E-state index contributed by atoms with van der Waals surface area (Å²) in [6.07, 6.45) is 5.48. The van der Waals surface area contributed by atoms with Gasteiger partial charge in [-0.2, -0.15) is 0 Å². The molecule has 1 aromatic heterocycles. The quantitative estimate of drug-likeness (QED) is 0.812. The van der Waals surface area contributed by atoms with E-state index in [1.807, 2.05) is 11.8 Å². The smallest absolute Gasteiger partial charge is 0.317 e. The predicted molar refractivity (Wildman–Crippen MR) is 86.7 cm³/mol. The van der Waals surface area contributed by atoms with E-state index in [1.165, 1.54) is 17.7 Å². The number of likely N-dealkylation sites (tertiary alicyclic amines) is 1. The average molecular weight is 310 g/mol. The molecule has 1 atom stereocenters. The van der Waals surface area contributed by atoms with E-state index < -0.39 is 0 Å². The predicted octanol–water partition coefficient (Wildman–Crippen LogP) is 3.80. The third-order valence-electron chi connectivity index (χ3n) is 3.83. The lowest BCUT2D eigenvalue weighted by Gasteiger charge is -2.29. The molecule has 0 saturated carbocycles. The van der Waals surface area contributed by atoms with E-state index in [9.17, 15) is 4.79 Å². The van der Waals surface area contributed by atoms with Gasteiger partial charge in [0.1, 0.15) is 0 Å². The summed E-state index contributed by atoms with van der Waals surface area (Å²) in [7, 11) is 0. The van der Waals surface area contributed by atoms with E-state index in [2.05, 4.69) is 22.8 Å². The van der Waals surface area contributed by atoms with Crippen LogP contribution in [-0.2, 0) is 4.74 Å². The molecule has 0 spiro atoms. The van der Waals surface area contributed by atoms with Crippen molar-refractivity contribution in [1.29, 1.82) is 0 Å². The average Bonchev–Trinajstić information content (AvgIpc) is 2.91. The number of nitrogens with zero attached hydrogens (tertiary/aromatic N) is 1. The molecule has 1 aliphatic heterocycles. The topological polar surface area (TPSA) is 41.6 Å². The van der Waals surface area contributed by atoms with Crippen molar-refractivity contribution in [2.75, 3.05) is 26.3 Å². The number of thiophene rings is 1. The first-order valence-electron chi connectivity index (χ1n) is 7.98. The van der Waals surface area contributed by atoms with Crippen molar-refractivity contribution >= 4 is 17.4 Å². The molecule has 2 heterocycles. The standard InChI is InChI=1S/C16H26N2O2S/c1-2-20-12-7-10-17-16(19)18-11-5-3-4-8-14(18)15-9-6-13-21-15/h6,9,13-14H,2-5,7-8,10-12H2,1H3,(H,17,19)/t14-/m0/s1. The molecule has 21 heavy (non-hydrogen) atoms. The fourth-order valence-corrected chi connectivity index (χ4v) is 3.62. The molecule has 0 aromatic carbocycles. The van der Waals surface area contributed by atoms with Crippen LogP contribution >= 0.6 is 11.3 Å². The largest absolute Gasteiger partial charge is 0.382 e. The van der Waals surface area contributed by atoms with Crippen LogP contribution in [0.1, 0.15) is 49.9 Å². The highest BCUT2D eigenvalue weighted by Crippen LogP contribution is 2.32. The second-order valence-corrected chi connectivity index (χ2v) is 6.34. The van der Waals surface area contributed by atoms with Crippen molar-refractivity contribution < 1.29 is 9.53 Å². The molecule has 5 heteroatoms. The summed E-state index contributed by atoms with van der Waals surface area (Å²) in [5, 5.41) is 5.14. The molecule has 0 radical (unpaired) electrons. The molecule has 4 nitrogen and oxygen atoms in total. The first-order valence-corrected chi connectivity index (χ1v) is 8.86. The molecule has 1 fully saturated rings. The van der Waals surface area contributed by atoms with E-state index in [0.717, 1.165) is 32.4 Å². The number of hydrogen-bond acceptors (Lipinski definition) is 3. The molecule has 2 rings (SSSR count). The van der Waals surface area contributed by atoms with Gasteiger partial charge >= 0.3 is 6.03 Å². The number of nitrogens with one attached hydrogen (secondary N) is 1. The van der Waals surface area contributed by atoms with Gasteiger partial charge in [0.2, 0.25) is 0 Å². The van der Waals surface area contributed by atoms with E-state index >= 15 is 0 Å². The van der Waals surface area contributed by atoms with Gasteiger partial charge in [0.25, 0.3) is 0 Å². The van der Waals surface area contributed by atoms with E-state index in [-0.39, 0.29) is 12.1 Å². The van der Waals surface area contributed by atoms with Crippen LogP contribution in [0.5, 0.6) is 0 Å². The van der Waals surface area contributed by atoms with E-state index in [1.54, 1.807) is 11.3 Å². The highest BCUT2D eigenvalue weighted by Gasteiger charge is 2.27. The maximum absolute atomic E-state index is 12.5. The Morgan fingerprint density at radius 1 is 1.48 bits per heavy atom. The summed E-state index contributed by atoms with van der Waals surface area (Å²) in [5.74, 6) is 0. The Balaban J connectivity index is 1.88. The number of urea groups is 1. The Morgan fingerprint density at radius 2 is 2.38 bits per heavy atom. The fourth-order valence-electron chi connectivity index (χ4n) is 2.74. The van der Waals surface area contributed by atoms with Crippen LogP contribution in [0.3, 0.4) is 0 Å². The third kappa shape index (κ3) is 5.00. The Hall–Kier alpha value is -1.07. The highest BCUT2D eigenvalue weighted by molar-refractivity contribution is 7.10. The minimum Gasteiger partial charge on any atom is -0.382 e. The summed E-state index contributed by atoms with van der Waals surface area (Å²) < 4.78 is 5.30. The normalized spacial score (nSPS) is 19.3. The lowest BCUT2D eigenvalue weighted by molar-refractivity contribution is 0.142. The lowest BCUT2D eigenvalue weighted by atomic mass is 10.1. The molecule has 1 saturated heterocycles. The number of rotatable bonds is 6. The number of ether oxygens (including phenoxy) is 1. The molecular weight excluding hydrogens is 284 g/mol. The number of carbonyl (C=O) groups excluding carboxylic acids is 1. The van der Waals surface area contributed by atoms with Gasteiger partial charge in [-0.05, 0) is 37.6 Å². The molecule has 0 aliphatic carbocycles. The summed E-state index contributed by atoms with van der Waals surface area (Å²) in [5.41, 5.74) is 0. The first-order chi connectivity index (χ1) is 10.3. The zero-order valence-electron chi connectivity index (χ0n) is 12.8. The zero-order chi connectivity index (χ0) is 14.9. The van der Waals surface area contributed by atoms with Crippen molar-refractivity contribution in [3.63, 3.8) is 0 Å². The van der Waals surface area contributed by atoms with Gasteiger partial charge in [0, 0.05) is 31.2 Å². The zero-order valence-corrected chi connectivity index (χ0v) is 13.7. The molecular formula is C16H26N2O2S. The van der Waals surface area contributed by atoms with Crippen LogP contribution in [0.4, 0.5) is 4.79 Å². The van der Waals surface area contributed by atoms with Crippen molar-refractivity contribution in [3.8, 4) is 0 Å². The fraction of sp³-hybridized carbons (Fsp3) is 0.688. The van der Waals surface area contributed by atoms with Crippen molar-refractivity contribution in [2.45, 2.75) is 45.1 Å². The molecule has 0 unspecified atom stereocenters. The third-order valence-corrected chi connectivity index (χ3v) is 4.80. The van der Waals surface area contributed by atoms with Gasteiger partial charge in [0.15, 0.2) is 0 Å². The summed E-state index contributed by atoms with van der Waals surface area (Å²) in [4.78, 5) is 15.8. The van der Waals surface area contributed by atoms with Crippen molar-refractivity contribution in [2.24, 2.45) is 0 Å². The summed E-state index contributed by atoms with van der Waals surface area (Å²) in [6, 6.07) is 4.55. The van der Waals surface area contributed by atoms with Gasteiger partial charge in [-0.3, -0.25) is 0 Å². The first kappa shape index (κ1) is 16.3. The minimum absolute atomic E-state index is 0.0757. The molecule has 1 aromatic rings. The van der Waals surface area contributed by atoms with E-state index in [0.29, 0.717) is 13.2 Å². The number of amides is 2. The summed E-state index contributed by atoms with van der Waals surface area (Å²) >= 11 is 1.75. The number of hydrogen-bond donors (Lipinski definition) is 1. The Kier molecular flexibility index (Phi) is 7.03. The second kappa shape index (κ2) is 9.05. The van der Waals surface area contributed by atoms with Crippen molar-refractivity contribution in [1.82, 2.24) is 10.2 Å². The van der Waals surface area contributed by atoms with E-state index in [4.69, 9.17) is 4.74 Å². The van der Waals surface area contributed by atoms with Gasteiger partial charge in [0.05, 0.1) is 6.04 Å². The van der Waals surface area contributed by atoms with Crippen LogP contribution in [-0.4, -0.2) is 37.2 Å². The Morgan fingerprint density at radius 3 is 3.14 bits per heavy atom. The maximum Gasteiger partial charge on any atom is 0.317 e. The van der Waals surface area contributed by atoms with Gasteiger partial charge in [-0.25, -0.2) is 4.79 Å². The lowest BCUT2D eigenvalue weighted by Crippen LogP contribution is -2.42. The van der Waals surface area contributed by atoms with Crippen LogP contribution in [0.25, 0.3) is 0 Å². The molecule has 1 N–H and O–H groups in total. The van der Waals surface area contributed by atoms with Crippen molar-refractivity contribution in [3.05, 3.63) is 22.4 Å². The van der Waals surface area contributed by atoms with Gasteiger partial charge < -0.3 is 15.0 Å². The second-order valence-electron chi connectivity index (χ2n) is 5.36. The Labute approximate surface area is 131 Å². The molecule has 1 aliphatic rings. The SMILES string of the molecule is CCOCCCNC(=O)N1CCCCC[C@H]1c1cccs1. The van der Waals surface area contributed by atoms with Crippen LogP contribution in [0, 0.1) is 0 Å². The maximum atomic E-state index is 12.5. The number of carbonyl (C=O) groups is 1. The molecule has 2 amide bonds. The molecule has 0 bridgehead atoms. The Bertz CT molecular complexity index is 408. The summed E-state index contributed by atoms with van der Waals surface area (Å²) in [6.45, 7) is 4.99. The molecule has 118 valence electrons.